The third-order valence-corrected chi connectivity index (χ3v) is 11.2. The minimum atomic E-state index is -1.80. The first-order valence-corrected chi connectivity index (χ1v) is 24.9. The smallest absolute Gasteiger partial charge is 0.326 e. The maximum absolute atomic E-state index is 14.0. The molecular formula is C43H89N18O13+3. The van der Waals surface area contributed by atoms with Gasteiger partial charge in [0.25, 0.3) is 5.91 Å². The Morgan fingerprint density at radius 2 is 0.784 bits per heavy atom. The van der Waals surface area contributed by atoms with Crippen LogP contribution in [0, 0.1) is 0 Å². The van der Waals surface area contributed by atoms with E-state index in [0.717, 1.165) is 6.92 Å². The van der Waals surface area contributed by atoms with Crippen LogP contribution in [0.15, 0.2) is 0 Å². The third kappa shape index (κ3) is 28.6. The Morgan fingerprint density at radius 1 is 0.446 bits per heavy atom. The highest BCUT2D eigenvalue weighted by Gasteiger charge is 2.36. The predicted octanol–water partition coefficient (Wildman–Crippen LogP) is -11.4. The lowest BCUT2D eigenvalue weighted by Crippen LogP contribution is -2.68. The van der Waals surface area contributed by atoms with Gasteiger partial charge in [0, 0.05) is 6.42 Å². The zero-order chi connectivity index (χ0) is 56.7. The standard InChI is InChI=1S/C43H86N18O13/c1-21(46)33(65)55-27(14-10-20-53-43(50)51)37(69)61-32(24(4)63)40(72)58-25(11-5-7-17-44)35(67)57-28(15-16-30(47)64)38(70)60-31(23(3)62)39(71)54-22(2)34(66)56-26(13-9-19-52-42(48)49)36(68)59-29(41(73)74)12-6-8-18-45/h21-29,31-32,42-43,52-53,62-63H,5-20,44-46,48-51H2,1-4H3,(H2,47,64)(H,54,71)(H,55,65)(H,56,66)(H,57,67)(H,58,72)(H,59,68)(H,60,70)(H,61,69)(H,73,74)/p+3/t21-,22-,23+,24+,25-,26-,27-,28-,29-,31-,32-/m0/s1. The molecule has 74 heavy (non-hydrogen) atoms. The largest absolute Gasteiger partial charge is 0.480 e. The Hall–Kier alpha value is -5.74. The fourth-order valence-electron chi connectivity index (χ4n) is 6.92. The first-order valence-electron chi connectivity index (χ1n) is 24.9. The molecule has 31 nitrogen and oxygen atoms in total. The number of hydrogen-bond donors (Lipinski definition) is 21. The first-order chi connectivity index (χ1) is 34.7. The minimum absolute atomic E-state index is 0.0187. The molecular weight excluding hydrogens is 977 g/mol. The summed E-state index contributed by atoms with van der Waals surface area (Å²) in [4.78, 5) is 132. The SMILES string of the molecule is C[C@H]([NH3+])C(=O)N[C@@H](CCCNC(N)N)C(=O)N[C@H](C(=O)N[C@@H](CCCC[NH3+])C(=O)N[C@@H](CCC(N)=O)C(=O)N[C@H](C(=O)N[C@@H](C)C(=O)N[C@@H](CCCNC(N)N)C(=O)N[C@@H](CCCC[NH3+])C(=O)O)[C@@H](C)O)[C@@H](C)O. The zero-order valence-electron chi connectivity index (χ0n) is 43.3. The van der Waals surface area contributed by atoms with Gasteiger partial charge in [-0.3, -0.25) is 53.8 Å². The number of aliphatic hydroxyl groups is 2. The van der Waals surface area contributed by atoms with E-state index < -0.39 is 151 Å². The molecule has 0 unspecified atom stereocenters. The number of carboxylic acid groups (broad SMARTS) is 1. The summed E-state index contributed by atoms with van der Waals surface area (Å²) < 4.78 is 0. The van der Waals surface area contributed by atoms with Crippen LogP contribution in [0.4, 0.5) is 0 Å². The molecule has 426 valence electrons. The van der Waals surface area contributed by atoms with Crippen LogP contribution in [0.2, 0.25) is 0 Å². The van der Waals surface area contributed by atoms with E-state index in [4.69, 9.17) is 28.7 Å². The second kappa shape index (κ2) is 37.1. The number of quaternary nitrogens is 3. The molecule has 9 amide bonds. The van der Waals surface area contributed by atoms with Gasteiger partial charge in [-0.05, 0) is 111 Å². The van der Waals surface area contributed by atoms with Crippen LogP contribution in [0.5, 0.6) is 0 Å². The summed E-state index contributed by atoms with van der Waals surface area (Å²) in [6.45, 7) is 6.56. The molecule has 0 heterocycles. The lowest BCUT2D eigenvalue weighted by molar-refractivity contribution is -0.398. The number of rotatable bonds is 40. The van der Waals surface area contributed by atoms with Crippen molar-refractivity contribution in [3.05, 3.63) is 0 Å². The number of hydrogen-bond acceptors (Lipinski definition) is 18. The topological polar surface area (TPSA) is 565 Å². The van der Waals surface area contributed by atoms with E-state index in [0.29, 0.717) is 45.2 Å². The Morgan fingerprint density at radius 3 is 1.16 bits per heavy atom. The van der Waals surface area contributed by atoms with Crippen LogP contribution in [0.1, 0.15) is 105 Å². The van der Waals surface area contributed by atoms with Gasteiger partial charge >= 0.3 is 5.97 Å². The molecule has 0 rings (SSSR count). The van der Waals surface area contributed by atoms with E-state index in [2.05, 4.69) is 70.4 Å². The van der Waals surface area contributed by atoms with Gasteiger partial charge in [-0.1, -0.05) is 0 Å². The van der Waals surface area contributed by atoms with Crippen molar-refractivity contribution < 1.29 is 80.5 Å². The molecule has 31 heteroatoms. The number of aliphatic hydroxyl groups excluding tert-OH is 2. The van der Waals surface area contributed by atoms with Crippen molar-refractivity contribution in [2.75, 3.05) is 26.2 Å². The van der Waals surface area contributed by atoms with E-state index >= 15 is 0 Å². The lowest BCUT2D eigenvalue weighted by Gasteiger charge is -2.29. The summed E-state index contributed by atoms with van der Waals surface area (Å²) in [6, 6.07) is -12.5. The van der Waals surface area contributed by atoms with Gasteiger partial charge in [0.1, 0.15) is 60.9 Å². The number of amides is 9. The van der Waals surface area contributed by atoms with Crippen molar-refractivity contribution >= 4 is 59.1 Å². The van der Waals surface area contributed by atoms with Gasteiger partial charge in [0.05, 0.1) is 25.3 Å². The Balaban J connectivity index is 6.45. The number of carboxylic acids is 1. The molecule has 0 aromatic heterocycles. The van der Waals surface area contributed by atoms with Gasteiger partial charge in [-0.25, -0.2) is 4.79 Å². The molecule has 0 saturated heterocycles. The maximum atomic E-state index is 14.0. The second-order valence-electron chi connectivity index (χ2n) is 18.2. The van der Waals surface area contributed by atoms with Crippen molar-refractivity contribution in [3.8, 4) is 0 Å². The zero-order valence-corrected chi connectivity index (χ0v) is 43.3. The lowest BCUT2D eigenvalue weighted by atomic mass is 10.0. The number of nitrogens with two attached hydrogens (primary N) is 5. The Kier molecular flexibility index (Phi) is 34.2. The number of aliphatic carboxylic acids is 1. The van der Waals surface area contributed by atoms with Crippen LogP contribution in [0.25, 0.3) is 0 Å². The van der Waals surface area contributed by atoms with Gasteiger partial charge < -0.3 is 104 Å². The van der Waals surface area contributed by atoms with Crippen LogP contribution in [0.3, 0.4) is 0 Å². The highest BCUT2D eigenvalue weighted by molar-refractivity contribution is 5.98. The summed E-state index contributed by atoms with van der Waals surface area (Å²) >= 11 is 0. The summed E-state index contributed by atoms with van der Waals surface area (Å²) in [7, 11) is 0. The van der Waals surface area contributed by atoms with E-state index in [-0.39, 0.29) is 45.2 Å². The average molecular weight is 1070 g/mol. The molecule has 0 aliphatic rings. The molecule has 11 atom stereocenters. The molecule has 32 N–H and O–H groups in total. The number of unbranched alkanes of at least 4 members (excludes halogenated alkanes) is 2. The molecule has 0 fully saturated rings. The highest BCUT2D eigenvalue weighted by Crippen LogP contribution is 2.09. The van der Waals surface area contributed by atoms with E-state index in [9.17, 15) is 63.3 Å². The van der Waals surface area contributed by atoms with E-state index in [1.807, 2.05) is 0 Å². The molecule has 0 bridgehead atoms. The summed E-state index contributed by atoms with van der Waals surface area (Å²) in [5.41, 5.74) is 38.6. The van der Waals surface area contributed by atoms with Crippen molar-refractivity contribution in [1.82, 2.24) is 53.2 Å². The van der Waals surface area contributed by atoms with E-state index in [1.54, 1.807) is 0 Å². The number of carbonyl (C=O) groups excluding carboxylic acids is 9. The highest BCUT2D eigenvalue weighted by atomic mass is 16.4. The van der Waals surface area contributed by atoms with Crippen LogP contribution in [-0.4, -0.2) is 180 Å². The summed E-state index contributed by atoms with van der Waals surface area (Å²) in [6.07, 6.45) is -3.34. The number of primary amides is 1. The Bertz CT molecular complexity index is 1790. The number of nitrogens with one attached hydrogen (secondary N) is 10. The van der Waals surface area contributed by atoms with Crippen molar-refractivity contribution in [2.45, 2.75) is 184 Å². The average Bonchev–Trinajstić information content (AvgIpc) is 3.31. The molecule has 0 aliphatic carbocycles. The first kappa shape index (κ1) is 68.3. The van der Waals surface area contributed by atoms with Crippen LogP contribution >= 0.6 is 0 Å². The second-order valence-corrected chi connectivity index (χ2v) is 18.2. The molecule has 0 aromatic carbocycles. The predicted molar refractivity (Wildman–Crippen MR) is 265 cm³/mol. The van der Waals surface area contributed by atoms with Gasteiger partial charge in [-0.15, -0.1) is 0 Å². The van der Waals surface area contributed by atoms with Crippen LogP contribution < -0.4 is 99.0 Å². The molecule has 0 aromatic rings. The monoisotopic (exact) mass is 1070 g/mol. The fraction of sp³-hybridized carbons (Fsp3) is 0.767. The minimum Gasteiger partial charge on any atom is -0.480 e. The van der Waals surface area contributed by atoms with Crippen molar-refractivity contribution in [3.63, 3.8) is 0 Å². The van der Waals surface area contributed by atoms with Crippen molar-refractivity contribution in [1.29, 1.82) is 0 Å². The molecule has 0 aliphatic heterocycles. The summed E-state index contributed by atoms with van der Waals surface area (Å²) in [5.74, 6) is -9.53. The quantitative estimate of drug-likeness (QED) is 0.0200. The van der Waals surface area contributed by atoms with Crippen molar-refractivity contribution in [2.24, 2.45) is 28.7 Å². The van der Waals surface area contributed by atoms with E-state index in [1.165, 1.54) is 20.8 Å². The number of carbonyl (C=O) groups is 10. The third-order valence-electron chi connectivity index (χ3n) is 11.2. The summed E-state index contributed by atoms with van der Waals surface area (Å²) in [5, 5.41) is 56.1. The van der Waals surface area contributed by atoms with Crippen LogP contribution in [-0.2, 0) is 47.9 Å². The molecule has 0 radical (unpaired) electrons. The Labute approximate surface area is 430 Å². The normalized spacial score (nSPS) is 15.8. The maximum Gasteiger partial charge on any atom is 0.326 e. The molecule has 0 spiro atoms. The van der Waals surface area contributed by atoms with Gasteiger partial charge in [-0.2, -0.15) is 0 Å². The van der Waals surface area contributed by atoms with Gasteiger partial charge in [0.2, 0.25) is 47.3 Å². The molecule has 0 saturated carbocycles. The fourth-order valence-corrected chi connectivity index (χ4v) is 6.92. The van der Waals surface area contributed by atoms with Gasteiger partial charge in [0.15, 0.2) is 6.04 Å².